The second-order valence-electron chi connectivity index (χ2n) is 6.77. The zero-order chi connectivity index (χ0) is 17.3. The first-order chi connectivity index (χ1) is 11.5. The zero-order valence-electron chi connectivity index (χ0n) is 14.8. The van der Waals surface area contributed by atoms with Gasteiger partial charge in [-0.1, -0.05) is 56.2 Å². The van der Waals surface area contributed by atoms with Crippen molar-refractivity contribution < 1.29 is 0 Å². The predicted molar refractivity (Wildman–Crippen MR) is 103 cm³/mol. The Labute approximate surface area is 146 Å². The van der Waals surface area contributed by atoms with E-state index in [1.165, 1.54) is 22.3 Å². The molecule has 0 radical (unpaired) electrons. The minimum Gasteiger partial charge on any atom is -0.345 e. The molecule has 2 atom stereocenters. The van der Waals surface area contributed by atoms with Gasteiger partial charge in [-0.3, -0.25) is 0 Å². The highest BCUT2D eigenvalue weighted by atomic mass is 15.1. The van der Waals surface area contributed by atoms with Crippen molar-refractivity contribution in [3.05, 3.63) is 76.7 Å². The van der Waals surface area contributed by atoms with Gasteiger partial charge >= 0.3 is 0 Å². The summed E-state index contributed by atoms with van der Waals surface area (Å²) in [6, 6.07) is 7.22. The molecular weight excluding hydrogens is 290 g/mol. The molecule has 1 heteroatoms. The number of hydrogen-bond acceptors (Lipinski definition) is 1. The summed E-state index contributed by atoms with van der Waals surface area (Å²) in [5.41, 5.74) is 7.60. The first kappa shape index (κ1) is 16.4. The minimum absolute atomic E-state index is 0.343. The highest BCUT2D eigenvalue weighted by molar-refractivity contribution is 5.65. The molecule has 1 aromatic carbocycles. The predicted octanol–water partition coefficient (Wildman–Crippen LogP) is 5.12. The Morgan fingerprint density at radius 3 is 2.75 bits per heavy atom. The Kier molecular flexibility index (Phi) is 4.49. The summed E-state index contributed by atoms with van der Waals surface area (Å²) in [7, 11) is 0. The molecule has 0 N–H and O–H groups in total. The van der Waals surface area contributed by atoms with Crippen LogP contribution in [0.2, 0.25) is 0 Å². The van der Waals surface area contributed by atoms with E-state index in [4.69, 9.17) is 6.42 Å². The maximum absolute atomic E-state index is 5.48. The van der Waals surface area contributed by atoms with Gasteiger partial charge in [0.2, 0.25) is 0 Å². The van der Waals surface area contributed by atoms with Crippen LogP contribution >= 0.6 is 0 Å². The lowest BCUT2D eigenvalue weighted by Gasteiger charge is -2.35. The summed E-state index contributed by atoms with van der Waals surface area (Å²) < 4.78 is 0. The molecule has 1 aliphatic carbocycles. The van der Waals surface area contributed by atoms with Gasteiger partial charge in [0.15, 0.2) is 0 Å². The Morgan fingerprint density at radius 2 is 2.08 bits per heavy atom. The van der Waals surface area contributed by atoms with Gasteiger partial charge in [-0.25, -0.2) is 0 Å². The highest BCUT2D eigenvalue weighted by Crippen LogP contribution is 2.34. The molecule has 1 aromatic rings. The number of allylic oxidation sites excluding steroid dienone is 3. The lowest BCUT2D eigenvalue weighted by Crippen LogP contribution is -2.34. The highest BCUT2D eigenvalue weighted by Gasteiger charge is 2.26. The fourth-order valence-electron chi connectivity index (χ4n) is 3.52. The van der Waals surface area contributed by atoms with Crippen molar-refractivity contribution in [2.75, 3.05) is 0 Å². The number of terminal acetylenes is 1. The molecule has 1 nitrogen and oxygen atoms in total. The minimum atomic E-state index is 0.343. The van der Waals surface area contributed by atoms with Gasteiger partial charge < -0.3 is 4.90 Å². The number of rotatable bonds is 4. The van der Waals surface area contributed by atoms with E-state index in [9.17, 15) is 0 Å². The summed E-state index contributed by atoms with van der Waals surface area (Å²) in [5.74, 6) is 3.12. The third-order valence-corrected chi connectivity index (χ3v) is 5.34. The van der Waals surface area contributed by atoms with Gasteiger partial charge in [0, 0.05) is 23.5 Å². The molecule has 2 unspecified atom stereocenters. The Morgan fingerprint density at radius 1 is 1.29 bits per heavy atom. The zero-order valence-corrected chi connectivity index (χ0v) is 14.8. The normalized spacial score (nSPS) is 18.6. The van der Waals surface area contributed by atoms with Gasteiger partial charge in [0.1, 0.15) is 0 Å². The molecule has 122 valence electrons. The van der Waals surface area contributed by atoms with Crippen molar-refractivity contribution in [3.63, 3.8) is 0 Å². The monoisotopic (exact) mass is 315 g/mol. The Hall–Kier alpha value is -2.46. The molecule has 0 saturated heterocycles. The van der Waals surface area contributed by atoms with Crippen molar-refractivity contribution in [2.24, 2.45) is 5.92 Å². The van der Waals surface area contributed by atoms with Crippen LogP contribution in [0.4, 0.5) is 0 Å². The van der Waals surface area contributed by atoms with Crippen molar-refractivity contribution in [1.82, 2.24) is 4.90 Å². The van der Waals surface area contributed by atoms with Crippen LogP contribution in [0.3, 0.4) is 0 Å². The van der Waals surface area contributed by atoms with E-state index in [-0.39, 0.29) is 0 Å². The topological polar surface area (TPSA) is 3.24 Å². The summed E-state index contributed by atoms with van der Waals surface area (Å²) in [6.07, 6.45) is 16.0. The largest absolute Gasteiger partial charge is 0.345 e. The molecule has 0 bridgehead atoms. The van der Waals surface area contributed by atoms with Crippen LogP contribution in [0.25, 0.3) is 6.08 Å². The van der Waals surface area contributed by atoms with Gasteiger partial charge in [-0.15, -0.1) is 6.42 Å². The van der Waals surface area contributed by atoms with Crippen molar-refractivity contribution in [3.8, 4) is 12.3 Å². The molecule has 1 heterocycles. The van der Waals surface area contributed by atoms with Gasteiger partial charge in [0.05, 0.1) is 0 Å². The molecule has 0 spiro atoms. The summed E-state index contributed by atoms with van der Waals surface area (Å²) >= 11 is 0. The van der Waals surface area contributed by atoms with Gasteiger partial charge in [-0.05, 0) is 54.5 Å². The van der Waals surface area contributed by atoms with Crippen molar-refractivity contribution in [1.29, 1.82) is 0 Å². The Balaban J connectivity index is 1.77. The lowest BCUT2D eigenvalue weighted by molar-refractivity contribution is 0.303. The van der Waals surface area contributed by atoms with E-state index in [0.29, 0.717) is 12.0 Å². The summed E-state index contributed by atoms with van der Waals surface area (Å²) in [4.78, 5) is 2.23. The molecule has 2 aliphatic rings. The third-order valence-electron chi connectivity index (χ3n) is 5.34. The second kappa shape index (κ2) is 6.57. The van der Waals surface area contributed by atoms with E-state index in [1.807, 2.05) is 12.2 Å². The first-order valence-corrected chi connectivity index (χ1v) is 8.69. The van der Waals surface area contributed by atoms with Gasteiger partial charge in [0.25, 0.3) is 0 Å². The number of benzene rings is 1. The second-order valence-corrected chi connectivity index (χ2v) is 6.77. The summed E-state index contributed by atoms with van der Waals surface area (Å²) in [5, 5.41) is 0. The maximum atomic E-state index is 5.48. The van der Waals surface area contributed by atoms with E-state index >= 15 is 0 Å². The number of aryl methyl sites for hydroxylation is 1. The van der Waals surface area contributed by atoms with E-state index < -0.39 is 0 Å². The van der Waals surface area contributed by atoms with Crippen molar-refractivity contribution >= 4 is 6.08 Å². The molecule has 24 heavy (non-hydrogen) atoms. The first-order valence-electron chi connectivity index (χ1n) is 8.69. The standard InChI is InChI=1S/C23H25N/c1-6-19-8-9-21-14-22(15-23(21)13-19)17(4)18(5)24-11-10-20(7-2)12-16(24)3/h2,8-13,15,17-18H,3,6,14H2,1,4-5H3. The fourth-order valence-corrected chi connectivity index (χ4v) is 3.52. The van der Waals surface area contributed by atoms with Crippen LogP contribution in [0.15, 0.2) is 60.0 Å². The van der Waals surface area contributed by atoms with Crippen LogP contribution in [0.1, 0.15) is 37.5 Å². The maximum Gasteiger partial charge on any atom is 0.0370 e. The molecule has 0 aromatic heterocycles. The SMILES string of the molecule is C#CC1=CC(=C)N(C(C)C(C)C2=Cc3cc(CC)ccc3C2)C=C1. The van der Waals surface area contributed by atoms with Crippen LogP contribution in [-0.2, 0) is 12.8 Å². The quantitative estimate of drug-likeness (QED) is 0.697. The average molecular weight is 315 g/mol. The molecule has 0 fully saturated rings. The van der Waals surface area contributed by atoms with Crippen molar-refractivity contribution in [2.45, 2.75) is 39.7 Å². The molecule has 0 saturated carbocycles. The van der Waals surface area contributed by atoms with Crippen LogP contribution in [-0.4, -0.2) is 10.9 Å². The number of fused-ring (bicyclic) bond motifs is 1. The van der Waals surface area contributed by atoms with E-state index in [1.54, 1.807) is 0 Å². The number of nitrogens with zero attached hydrogens (tertiary/aromatic N) is 1. The lowest BCUT2D eigenvalue weighted by atomic mass is 9.91. The fraction of sp³-hybridized carbons (Fsp3) is 0.304. The molecule has 0 amide bonds. The van der Waals surface area contributed by atoms with E-state index in [0.717, 1.165) is 24.1 Å². The molecular formula is C23H25N. The van der Waals surface area contributed by atoms with E-state index in [2.05, 4.69) is 68.6 Å². The third kappa shape index (κ3) is 2.97. The molecule has 1 aliphatic heterocycles. The van der Waals surface area contributed by atoms with Gasteiger partial charge in [-0.2, -0.15) is 0 Å². The van der Waals surface area contributed by atoms with Crippen LogP contribution in [0, 0.1) is 18.3 Å². The average Bonchev–Trinajstić information content (AvgIpc) is 3.03. The number of hydrogen-bond donors (Lipinski definition) is 0. The summed E-state index contributed by atoms with van der Waals surface area (Å²) in [6.45, 7) is 10.9. The molecule has 3 rings (SSSR count). The van der Waals surface area contributed by atoms with Crippen LogP contribution in [0.5, 0.6) is 0 Å². The Bertz CT molecular complexity index is 798. The smallest absolute Gasteiger partial charge is 0.0370 e. The van der Waals surface area contributed by atoms with Crippen LogP contribution < -0.4 is 0 Å².